The van der Waals surface area contributed by atoms with E-state index >= 15 is 0 Å². The fourth-order valence-corrected chi connectivity index (χ4v) is 17.5. The maximum absolute atomic E-state index is 7.19. The fraction of sp³-hybridized carbons (Fsp3) is 1.00. The second kappa shape index (κ2) is 16.9. The van der Waals surface area contributed by atoms with Crippen LogP contribution in [0.5, 0.6) is 0 Å². The third-order valence-corrected chi connectivity index (χ3v) is 20.0. The summed E-state index contributed by atoms with van der Waals surface area (Å²) in [4.78, 5) is 0. The molecule has 0 aliphatic carbocycles. The van der Waals surface area contributed by atoms with Crippen LogP contribution in [0.1, 0.15) is 81.6 Å². The average Bonchev–Trinajstić information content (AvgIpc) is 2.77. The highest BCUT2D eigenvalue weighted by Gasteiger charge is 2.58. The third kappa shape index (κ3) is 10.1. The lowest BCUT2D eigenvalue weighted by Crippen LogP contribution is -2.68. The smallest absolute Gasteiger partial charge is 0.358 e. The summed E-state index contributed by atoms with van der Waals surface area (Å²) in [5.74, 6) is 0. The summed E-state index contributed by atoms with van der Waals surface area (Å²) in [5, 5.41) is 0. The molecule has 0 saturated heterocycles. The van der Waals surface area contributed by atoms with Crippen molar-refractivity contribution >= 4 is 25.7 Å². The summed E-state index contributed by atoms with van der Waals surface area (Å²) < 4.78 is 45.0. The van der Waals surface area contributed by atoms with Crippen LogP contribution in [0, 0.1) is 0 Å². The topological polar surface area (TPSA) is 64.6 Å². The van der Waals surface area contributed by atoms with Crippen molar-refractivity contribution < 1.29 is 31.3 Å². The second-order valence-corrected chi connectivity index (χ2v) is 21.3. The summed E-state index contributed by atoms with van der Waals surface area (Å²) in [5.41, 5.74) is 0.510. The maximum atomic E-state index is 7.19. The molecule has 0 radical (unpaired) electrons. The molecule has 0 rings (SSSR count). The first-order valence-electron chi connectivity index (χ1n) is 12.8. The van der Waals surface area contributed by atoms with E-state index < -0.39 is 25.7 Å². The molecule has 0 N–H and O–H groups in total. The van der Waals surface area contributed by atoms with Gasteiger partial charge in [-0.2, -0.15) is 0 Å². The van der Waals surface area contributed by atoms with Gasteiger partial charge in [0.25, 0.3) is 0 Å². The highest BCUT2D eigenvalue weighted by Crippen LogP contribution is 2.38. The predicted octanol–water partition coefficient (Wildman–Crippen LogP) is 5.77. The van der Waals surface area contributed by atoms with E-state index in [1.54, 1.807) is 14.2 Å². The zero-order valence-corrected chi connectivity index (χ0v) is 26.5. The van der Waals surface area contributed by atoms with Crippen molar-refractivity contribution in [2.24, 2.45) is 0 Å². The van der Waals surface area contributed by atoms with Crippen molar-refractivity contribution in [3.63, 3.8) is 0 Å². The largest absolute Gasteiger partial charge is 0.412 e. The first-order valence-corrected chi connectivity index (χ1v) is 19.1. The first-order chi connectivity index (χ1) is 15.5. The van der Waals surface area contributed by atoms with Gasteiger partial charge in [0.05, 0.1) is 18.7 Å². The molecular weight excluding hydrogens is 473 g/mol. The normalized spacial score (nSPS) is 18.0. The molecule has 0 saturated carbocycles. The van der Waals surface area contributed by atoms with Gasteiger partial charge in [0.1, 0.15) is 0 Å². The van der Waals surface area contributed by atoms with E-state index in [1.807, 2.05) is 0 Å². The molecule has 0 aromatic heterocycles. The zero-order chi connectivity index (χ0) is 25.5. The van der Waals surface area contributed by atoms with Crippen molar-refractivity contribution in [2.75, 3.05) is 52.7 Å². The van der Waals surface area contributed by atoms with Crippen molar-refractivity contribution in [1.82, 2.24) is 0 Å². The van der Waals surface area contributed by atoms with Gasteiger partial charge in [-0.1, -0.05) is 62.3 Å². The molecular formula is C23H54O7Si3. The summed E-state index contributed by atoms with van der Waals surface area (Å²) >= 11 is 0. The van der Waals surface area contributed by atoms with Crippen LogP contribution in [0.15, 0.2) is 0 Å². The van der Waals surface area contributed by atoms with E-state index in [4.69, 9.17) is 31.3 Å². The van der Waals surface area contributed by atoms with E-state index in [0.29, 0.717) is 38.5 Å². The van der Waals surface area contributed by atoms with E-state index in [0.717, 1.165) is 19.3 Å². The van der Waals surface area contributed by atoms with Crippen LogP contribution in [0.4, 0.5) is 0 Å². The maximum Gasteiger partial charge on any atom is 0.358 e. The van der Waals surface area contributed by atoms with Gasteiger partial charge in [0.15, 0.2) is 0 Å². The Bertz CT molecular complexity index is 465. The Morgan fingerprint density at radius 2 is 0.758 bits per heavy atom. The van der Waals surface area contributed by atoms with Crippen LogP contribution in [-0.4, -0.2) is 78.4 Å². The molecule has 0 aliphatic heterocycles. The Kier molecular flexibility index (Phi) is 17.1. The summed E-state index contributed by atoms with van der Waals surface area (Å²) in [6.45, 7) is 21.3. The minimum atomic E-state index is -2.98. The molecule has 7 nitrogen and oxygen atoms in total. The number of hydrogen-bond acceptors (Lipinski definition) is 7. The molecule has 0 spiro atoms. The van der Waals surface area contributed by atoms with Gasteiger partial charge in [-0.05, 0) is 35.9 Å². The molecule has 0 aromatic rings. The molecule has 2 atom stereocenters. The van der Waals surface area contributed by atoms with Gasteiger partial charge in [0, 0.05) is 34.0 Å². The lowest BCUT2D eigenvalue weighted by molar-refractivity contribution is 0.0947. The number of ether oxygens (including phenoxy) is 3. The molecule has 33 heavy (non-hydrogen) atoms. The summed E-state index contributed by atoms with van der Waals surface area (Å²) in [6.07, 6.45) is 4.24. The van der Waals surface area contributed by atoms with Crippen LogP contribution in [0.3, 0.4) is 0 Å². The second-order valence-electron chi connectivity index (χ2n) is 9.67. The van der Waals surface area contributed by atoms with Gasteiger partial charge < -0.3 is 31.3 Å². The van der Waals surface area contributed by atoms with Gasteiger partial charge in [-0.25, -0.2) is 0 Å². The van der Waals surface area contributed by atoms with E-state index in [1.165, 1.54) is 0 Å². The lowest BCUT2D eigenvalue weighted by atomic mass is 10.5. The van der Waals surface area contributed by atoms with Crippen LogP contribution in [0.25, 0.3) is 0 Å². The molecule has 0 heterocycles. The monoisotopic (exact) mass is 526 g/mol. The SMILES string of the molecule is CCCOC[Si](OC)(O[Si](COCCC)(O[Si](COCCC)(OC)C(C)C)C(C)C)C(C)C. The Morgan fingerprint density at radius 1 is 0.485 bits per heavy atom. The zero-order valence-electron chi connectivity index (χ0n) is 23.5. The van der Waals surface area contributed by atoms with Gasteiger partial charge in [-0.3, -0.25) is 0 Å². The number of rotatable bonds is 21. The minimum Gasteiger partial charge on any atom is -0.412 e. The standard InChI is InChI=1S/C23H54O7Si3/c1-12-15-26-18-31(24-10,21(4)5)29-33(23(8)9,20-28-17-14-3)30-32(25-11,22(6)7)19-27-16-13-2/h21-23H,12-20H2,1-11H3. The minimum absolute atomic E-state index is 0.133. The summed E-state index contributed by atoms with van der Waals surface area (Å²) in [7, 11) is -5.01. The van der Waals surface area contributed by atoms with Crippen LogP contribution in [-0.2, 0) is 31.3 Å². The summed E-state index contributed by atoms with van der Waals surface area (Å²) in [6, 6.07) is 0. The Morgan fingerprint density at radius 3 is 0.970 bits per heavy atom. The molecule has 2 unspecified atom stereocenters. The van der Waals surface area contributed by atoms with Crippen LogP contribution < -0.4 is 0 Å². The number of hydrogen-bond donors (Lipinski definition) is 0. The molecule has 0 aromatic carbocycles. The highest BCUT2D eigenvalue weighted by molar-refractivity contribution is 6.88. The van der Waals surface area contributed by atoms with Crippen molar-refractivity contribution in [3.05, 3.63) is 0 Å². The highest BCUT2D eigenvalue weighted by atomic mass is 28.5. The Labute approximate surface area is 207 Å². The van der Waals surface area contributed by atoms with Crippen molar-refractivity contribution in [3.8, 4) is 0 Å². The van der Waals surface area contributed by atoms with Crippen molar-refractivity contribution in [2.45, 2.75) is 98.2 Å². The molecule has 10 heteroatoms. The first kappa shape index (κ1) is 33.4. The van der Waals surface area contributed by atoms with Crippen LogP contribution in [0.2, 0.25) is 16.6 Å². The third-order valence-electron chi connectivity index (χ3n) is 5.98. The van der Waals surface area contributed by atoms with Crippen molar-refractivity contribution in [1.29, 1.82) is 0 Å². The molecule has 0 aliphatic rings. The lowest BCUT2D eigenvalue weighted by Gasteiger charge is -2.48. The van der Waals surface area contributed by atoms with E-state index in [9.17, 15) is 0 Å². The van der Waals surface area contributed by atoms with Gasteiger partial charge in [-0.15, -0.1) is 0 Å². The average molecular weight is 527 g/mol. The quantitative estimate of drug-likeness (QED) is 0.139. The molecule has 0 bridgehead atoms. The van der Waals surface area contributed by atoms with E-state index in [2.05, 4.69) is 62.3 Å². The van der Waals surface area contributed by atoms with Crippen LogP contribution >= 0.6 is 0 Å². The molecule has 0 amide bonds. The Hall–Kier alpha value is 0.371. The Balaban J connectivity index is 6.38. The van der Waals surface area contributed by atoms with E-state index in [-0.39, 0.29) is 16.6 Å². The van der Waals surface area contributed by atoms with Gasteiger partial charge >= 0.3 is 25.7 Å². The predicted molar refractivity (Wildman–Crippen MR) is 142 cm³/mol. The fourth-order valence-electron chi connectivity index (χ4n) is 3.44. The molecule has 0 fully saturated rings. The molecule has 200 valence electrons. The van der Waals surface area contributed by atoms with Gasteiger partial charge in [0.2, 0.25) is 0 Å².